The molecule has 0 aliphatic carbocycles. The highest BCUT2D eigenvalue weighted by molar-refractivity contribution is 5.27. The molecule has 2 rings (SSSR count). The predicted octanol–water partition coefficient (Wildman–Crippen LogP) is 2.33. The summed E-state index contributed by atoms with van der Waals surface area (Å²) >= 11 is 0. The summed E-state index contributed by atoms with van der Waals surface area (Å²) in [5.41, 5.74) is 7.31. The molecular formula is C13H14F3N3O. The van der Waals surface area contributed by atoms with Crippen LogP contribution in [-0.2, 0) is 13.0 Å². The van der Waals surface area contributed by atoms with E-state index in [9.17, 15) is 13.2 Å². The quantitative estimate of drug-likeness (QED) is 0.917. The Morgan fingerprint density at radius 1 is 1.15 bits per heavy atom. The molecule has 7 heteroatoms. The Hall–Kier alpha value is -2.02. The van der Waals surface area contributed by atoms with Gasteiger partial charge < -0.3 is 10.5 Å². The minimum absolute atomic E-state index is 0.231. The molecular weight excluding hydrogens is 271 g/mol. The van der Waals surface area contributed by atoms with Gasteiger partial charge in [-0.15, -0.1) is 13.2 Å². The van der Waals surface area contributed by atoms with Crippen molar-refractivity contribution in [3.05, 3.63) is 47.8 Å². The van der Waals surface area contributed by atoms with Crippen molar-refractivity contribution >= 4 is 0 Å². The maximum absolute atomic E-state index is 12.0. The Morgan fingerprint density at radius 3 is 2.45 bits per heavy atom. The second-order valence-corrected chi connectivity index (χ2v) is 4.28. The van der Waals surface area contributed by atoms with Gasteiger partial charge in [-0.2, -0.15) is 5.10 Å². The van der Waals surface area contributed by atoms with Crippen LogP contribution in [0.15, 0.2) is 36.7 Å². The zero-order chi connectivity index (χ0) is 14.6. The summed E-state index contributed by atoms with van der Waals surface area (Å²) in [7, 11) is 0. The molecule has 0 fully saturated rings. The first-order chi connectivity index (χ1) is 9.46. The van der Waals surface area contributed by atoms with Crippen molar-refractivity contribution in [2.75, 3.05) is 6.54 Å². The van der Waals surface area contributed by atoms with Crippen LogP contribution in [0.5, 0.6) is 5.75 Å². The van der Waals surface area contributed by atoms with Crippen molar-refractivity contribution in [2.45, 2.75) is 19.3 Å². The minimum Gasteiger partial charge on any atom is -0.406 e. The molecule has 0 saturated heterocycles. The normalized spacial score (nSPS) is 11.6. The number of nitrogens with zero attached hydrogens (tertiary/aromatic N) is 2. The molecule has 0 unspecified atom stereocenters. The lowest BCUT2D eigenvalue weighted by Gasteiger charge is -2.09. The smallest absolute Gasteiger partial charge is 0.406 e. The van der Waals surface area contributed by atoms with Crippen molar-refractivity contribution in [3.8, 4) is 5.75 Å². The fourth-order valence-electron chi connectivity index (χ4n) is 1.77. The van der Waals surface area contributed by atoms with E-state index in [1.807, 2.05) is 6.20 Å². The van der Waals surface area contributed by atoms with Gasteiger partial charge in [0.25, 0.3) is 0 Å². The molecule has 0 saturated carbocycles. The lowest BCUT2D eigenvalue weighted by molar-refractivity contribution is -0.274. The van der Waals surface area contributed by atoms with Gasteiger partial charge in [0.15, 0.2) is 0 Å². The number of aromatic nitrogens is 2. The molecule has 108 valence electrons. The maximum Gasteiger partial charge on any atom is 0.573 e. The molecule has 1 aromatic heterocycles. The Kier molecular flexibility index (Phi) is 4.29. The van der Waals surface area contributed by atoms with E-state index >= 15 is 0 Å². The summed E-state index contributed by atoms with van der Waals surface area (Å²) in [5.74, 6) is -0.231. The summed E-state index contributed by atoms with van der Waals surface area (Å²) in [6.45, 7) is 1.03. The number of nitrogens with two attached hydrogens (primary N) is 1. The molecule has 1 aromatic carbocycles. The van der Waals surface area contributed by atoms with Gasteiger partial charge in [-0.1, -0.05) is 12.1 Å². The van der Waals surface area contributed by atoms with Crippen molar-refractivity contribution < 1.29 is 17.9 Å². The summed E-state index contributed by atoms with van der Waals surface area (Å²) in [6, 6.07) is 5.72. The molecule has 0 aliphatic rings. The number of halogens is 3. The van der Waals surface area contributed by atoms with Crippen LogP contribution < -0.4 is 10.5 Å². The second kappa shape index (κ2) is 5.96. The van der Waals surface area contributed by atoms with Crippen molar-refractivity contribution in [1.82, 2.24) is 9.78 Å². The van der Waals surface area contributed by atoms with Crippen LogP contribution in [0.1, 0.15) is 11.1 Å². The monoisotopic (exact) mass is 285 g/mol. The maximum atomic E-state index is 12.0. The Labute approximate surface area is 114 Å². The van der Waals surface area contributed by atoms with Crippen LogP contribution in [0.3, 0.4) is 0 Å². The highest BCUT2D eigenvalue weighted by Crippen LogP contribution is 2.22. The standard InChI is InChI=1S/C13H14F3N3O/c14-13(15,16)20-12-3-1-10(2-4-12)8-19-9-11(5-6-17)7-18-19/h1-4,7,9H,5-6,8,17H2. The molecule has 2 N–H and O–H groups in total. The van der Waals surface area contributed by atoms with E-state index in [1.54, 1.807) is 23.0 Å². The second-order valence-electron chi connectivity index (χ2n) is 4.28. The highest BCUT2D eigenvalue weighted by Gasteiger charge is 2.30. The number of alkyl halides is 3. The van der Waals surface area contributed by atoms with E-state index in [4.69, 9.17) is 5.73 Å². The van der Waals surface area contributed by atoms with Gasteiger partial charge in [-0.3, -0.25) is 4.68 Å². The summed E-state index contributed by atoms with van der Waals surface area (Å²) in [5, 5.41) is 4.16. The van der Waals surface area contributed by atoms with Crippen LogP contribution in [0.2, 0.25) is 0 Å². The third kappa shape index (κ3) is 4.27. The lowest BCUT2D eigenvalue weighted by atomic mass is 10.2. The van der Waals surface area contributed by atoms with E-state index < -0.39 is 6.36 Å². The Morgan fingerprint density at radius 2 is 1.85 bits per heavy atom. The fraction of sp³-hybridized carbons (Fsp3) is 0.308. The molecule has 4 nitrogen and oxygen atoms in total. The van der Waals surface area contributed by atoms with Gasteiger partial charge in [0.2, 0.25) is 0 Å². The van der Waals surface area contributed by atoms with Gasteiger partial charge in [0, 0.05) is 6.20 Å². The van der Waals surface area contributed by atoms with Crippen LogP contribution in [0.25, 0.3) is 0 Å². The van der Waals surface area contributed by atoms with E-state index in [1.165, 1.54) is 12.1 Å². The molecule has 1 heterocycles. The number of rotatable bonds is 5. The van der Waals surface area contributed by atoms with Crippen LogP contribution in [0.4, 0.5) is 13.2 Å². The van der Waals surface area contributed by atoms with Gasteiger partial charge in [0.05, 0.1) is 12.7 Å². The van der Waals surface area contributed by atoms with Crippen molar-refractivity contribution in [3.63, 3.8) is 0 Å². The molecule has 20 heavy (non-hydrogen) atoms. The van der Waals surface area contributed by atoms with E-state index in [0.717, 1.165) is 17.5 Å². The van der Waals surface area contributed by atoms with E-state index in [-0.39, 0.29) is 5.75 Å². The molecule has 0 atom stereocenters. The van der Waals surface area contributed by atoms with Gasteiger partial charge in [-0.05, 0) is 36.2 Å². The summed E-state index contributed by atoms with van der Waals surface area (Å²) in [6.07, 6.45) is -0.319. The van der Waals surface area contributed by atoms with Crippen LogP contribution in [-0.4, -0.2) is 22.7 Å². The van der Waals surface area contributed by atoms with E-state index in [0.29, 0.717) is 13.1 Å². The van der Waals surface area contributed by atoms with Gasteiger partial charge in [-0.25, -0.2) is 0 Å². The Balaban J connectivity index is 1.99. The third-order valence-corrected chi connectivity index (χ3v) is 2.62. The number of hydrogen-bond acceptors (Lipinski definition) is 3. The van der Waals surface area contributed by atoms with E-state index in [2.05, 4.69) is 9.84 Å². The minimum atomic E-state index is -4.67. The molecule has 0 amide bonds. The first-order valence-electron chi connectivity index (χ1n) is 6.02. The first-order valence-corrected chi connectivity index (χ1v) is 6.02. The Bertz CT molecular complexity index is 549. The zero-order valence-electron chi connectivity index (χ0n) is 10.6. The average Bonchev–Trinajstić information content (AvgIpc) is 2.78. The lowest BCUT2D eigenvalue weighted by Crippen LogP contribution is -2.17. The van der Waals surface area contributed by atoms with Crippen molar-refractivity contribution in [1.29, 1.82) is 0 Å². The SMILES string of the molecule is NCCc1cnn(Cc2ccc(OC(F)(F)F)cc2)c1. The topological polar surface area (TPSA) is 53.1 Å². The predicted molar refractivity (Wildman–Crippen MR) is 67.2 cm³/mol. The van der Waals surface area contributed by atoms with Gasteiger partial charge in [0.1, 0.15) is 5.75 Å². The third-order valence-electron chi connectivity index (χ3n) is 2.62. The molecule has 0 bridgehead atoms. The van der Waals surface area contributed by atoms with Crippen LogP contribution in [0, 0.1) is 0 Å². The van der Waals surface area contributed by atoms with Gasteiger partial charge >= 0.3 is 6.36 Å². The number of hydrogen-bond donors (Lipinski definition) is 1. The fourth-order valence-corrected chi connectivity index (χ4v) is 1.77. The zero-order valence-corrected chi connectivity index (χ0v) is 10.6. The number of benzene rings is 1. The highest BCUT2D eigenvalue weighted by atomic mass is 19.4. The molecule has 0 aliphatic heterocycles. The largest absolute Gasteiger partial charge is 0.573 e. The average molecular weight is 285 g/mol. The molecule has 0 spiro atoms. The van der Waals surface area contributed by atoms with Crippen molar-refractivity contribution in [2.24, 2.45) is 5.73 Å². The first kappa shape index (κ1) is 14.4. The molecule has 0 radical (unpaired) electrons. The number of ether oxygens (including phenoxy) is 1. The van der Waals surface area contributed by atoms with Crippen LogP contribution >= 0.6 is 0 Å². The molecule has 2 aromatic rings. The summed E-state index contributed by atoms with van der Waals surface area (Å²) < 4.78 is 41.6. The summed E-state index contributed by atoms with van der Waals surface area (Å²) in [4.78, 5) is 0.